The second-order valence-electron chi connectivity index (χ2n) is 4.37. The van der Waals surface area contributed by atoms with Crippen LogP contribution in [0.4, 0.5) is 9.18 Å². The van der Waals surface area contributed by atoms with Crippen molar-refractivity contribution < 1.29 is 9.18 Å². The van der Waals surface area contributed by atoms with Crippen molar-refractivity contribution in [2.45, 2.75) is 31.3 Å². The van der Waals surface area contributed by atoms with Crippen LogP contribution in [0.5, 0.6) is 0 Å². The number of nitrogens with zero attached hydrogens (tertiary/aromatic N) is 2. The minimum absolute atomic E-state index is 0.0497. The van der Waals surface area contributed by atoms with E-state index >= 15 is 0 Å². The molecule has 2 N–H and O–H groups in total. The fraction of sp³-hybridized carbons (Fsp3) is 0.455. The monoisotopic (exact) mass is 221 g/mol. The van der Waals surface area contributed by atoms with Crippen LogP contribution in [0, 0.1) is 5.95 Å². The van der Waals surface area contributed by atoms with Crippen LogP contribution in [0.1, 0.15) is 30.0 Å². The quantitative estimate of drug-likeness (QED) is 0.672. The van der Waals surface area contributed by atoms with Gasteiger partial charge in [0.25, 0.3) is 0 Å². The number of aromatic nitrogens is 1. The standard InChI is InChI=1S/C11H12FN3O/c12-10-8-5-6-1-2-9(15(6)11(13)16)7(8)3-4-14-10/h3-4,6,9H,1-2,5H2,(H2,13,16). The van der Waals surface area contributed by atoms with E-state index in [0.29, 0.717) is 12.0 Å². The van der Waals surface area contributed by atoms with Crippen molar-refractivity contribution in [2.75, 3.05) is 0 Å². The molecule has 4 nitrogen and oxygen atoms in total. The first-order chi connectivity index (χ1) is 7.68. The molecule has 0 spiro atoms. The average molecular weight is 221 g/mol. The van der Waals surface area contributed by atoms with Gasteiger partial charge in [-0.25, -0.2) is 9.78 Å². The van der Waals surface area contributed by atoms with Crippen molar-refractivity contribution in [3.05, 3.63) is 29.3 Å². The van der Waals surface area contributed by atoms with Crippen molar-refractivity contribution in [3.8, 4) is 0 Å². The molecule has 0 saturated carbocycles. The number of carbonyl (C=O) groups excluding carboxylic acids is 1. The minimum atomic E-state index is -0.407. The van der Waals surface area contributed by atoms with Gasteiger partial charge in [0.2, 0.25) is 5.95 Å². The van der Waals surface area contributed by atoms with Gasteiger partial charge >= 0.3 is 6.03 Å². The summed E-state index contributed by atoms with van der Waals surface area (Å²) in [7, 11) is 0. The number of amides is 2. The lowest BCUT2D eigenvalue weighted by Crippen LogP contribution is -2.45. The molecule has 16 heavy (non-hydrogen) atoms. The number of urea groups is 1. The molecule has 2 aliphatic heterocycles. The molecule has 1 aromatic rings. The summed E-state index contributed by atoms with van der Waals surface area (Å²) in [4.78, 5) is 16.7. The predicted octanol–water partition coefficient (Wildman–Crippen LogP) is 1.36. The summed E-state index contributed by atoms with van der Waals surface area (Å²) in [5, 5.41) is 0. The number of hydrogen-bond donors (Lipinski definition) is 1. The number of pyridine rings is 1. The summed E-state index contributed by atoms with van der Waals surface area (Å²) in [6.07, 6.45) is 3.74. The highest BCUT2D eigenvalue weighted by Crippen LogP contribution is 2.43. The highest BCUT2D eigenvalue weighted by atomic mass is 19.1. The van der Waals surface area contributed by atoms with Crippen LogP contribution < -0.4 is 5.73 Å². The molecule has 2 aliphatic rings. The Labute approximate surface area is 92.3 Å². The molecule has 3 rings (SSSR count). The molecule has 1 saturated heterocycles. The summed E-state index contributed by atoms with van der Waals surface area (Å²) in [5.74, 6) is -0.404. The van der Waals surface area contributed by atoms with E-state index in [1.54, 1.807) is 11.0 Å². The Balaban J connectivity index is 2.11. The Morgan fingerprint density at radius 2 is 2.38 bits per heavy atom. The SMILES string of the molecule is NC(=O)N1C2CCC1c1ccnc(F)c1C2. The zero-order valence-corrected chi connectivity index (χ0v) is 8.69. The molecule has 0 radical (unpaired) electrons. The van der Waals surface area contributed by atoms with Crippen molar-refractivity contribution in [1.82, 2.24) is 9.88 Å². The van der Waals surface area contributed by atoms with E-state index in [2.05, 4.69) is 4.98 Å². The molecule has 2 amide bonds. The largest absolute Gasteiger partial charge is 0.351 e. The number of halogens is 1. The normalized spacial score (nSPS) is 26.7. The molecule has 1 aromatic heterocycles. The van der Waals surface area contributed by atoms with E-state index in [9.17, 15) is 9.18 Å². The van der Waals surface area contributed by atoms with Crippen LogP contribution in [0.25, 0.3) is 0 Å². The summed E-state index contributed by atoms with van der Waals surface area (Å²) >= 11 is 0. The van der Waals surface area contributed by atoms with Crippen LogP contribution in [-0.4, -0.2) is 22.0 Å². The number of primary amides is 1. The predicted molar refractivity (Wildman–Crippen MR) is 55.1 cm³/mol. The van der Waals surface area contributed by atoms with Crippen LogP contribution in [-0.2, 0) is 6.42 Å². The van der Waals surface area contributed by atoms with Crippen LogP contribution in [0.2, 0.25) is 0 Å². The van der Waals surface area contributed by atoms with Crippen LogP contribution in [0.3, 0.4) is 0 Å². The molecule has 1 fully saturated rings. The van der Waals surface area contributed by atoms with Crippen molar-refractivity contribution in [1.29, 1.82) is 0 Å². The second kappa shape index (κ2) is 3.17. The van der Waals surface area contributed by atoms with Gasteiger partial charge in [0.15, 0.2) is 0 Å². The molecular weight excluding hydrogens is 209 g/mol. The lowest BCUT2D eigenvalue weighted by Gasteiger charge is -2.34. The Morgan fingerprint density at radius 3 is 3.12 bits per heavy atom. The van der Waals surface area contributed by atoms with E-state index in [1.807, 2.05) is 0 Å². The number of nitrogens with two attached hydrogens (primary N) is 1. The van der Waals surface area contributed by atoms with Crippen molar-refractivity contribution in [3.63, 3.8) is 0 Å². The van der Waals surface area contributed by atoms with Gasteiger partial charge in [-0.15, -0.1) is 0 Å². The summed E-state index contributed by atoms with van der Waals surface area (Å²) in [6, 6.07) is 1.38. The lowest BCUT2D eigenvalue weighted by molar-refractivity contribution is 0.174. The van der Waals surface area contributed by atoms with Gasteiger partial charge in [0, 0.05) is 17.8 Å². The Bertz CT molecular complexity index is 463. The molecule has 5 heteroatoms. The fourth-order valence-electron chi connectivity index (χ4n) is 2.95. The Kier molecular flexibility index (Phi) is 1.89. The zero-order valence-electron chi connectivity index (χ0n) is 8.69. The van der Waals surface area contributed by atoms with Gasteiger partial charge in [-0.3, -0.25) is 0 Å². The van der Waals surface area contributed by atoms with Crippen LogP contribution in [0.15, 0.2) is 12.3 Å². The topological polar surface area (TPSA) is 59.2 Å². The van der Waals surface area contributed by atoms with E-state index in [4.69, 9.17) is 5.73 Å². The van der Waals surface area contributed by atoms with Crippen molar-refractivity contribution in [2.24, 2.45) is 5.73 Å². The van der Waals surface area contributed by atoms with Gasteiger partial charge in [0.1, 0.15) is 0 Å². The van der Waals surface area contributed by atoms with E-state index in [-0.39, 0.29) is 12.1 Å². The third-order valence-corrected chi connectivity index (χ3v) is 3.60. The van der Waals surface area contributed by atoms with Crippen LogP contribution >= 0.6 is 0 Å². The number of carbonyl (C=O) groups is 1. The molecule has 2 atom stereocenters. The third-order valence-electron chi connectivity index (χ3n) is 3.60. The first-order valence-electron chi connectivity index (χ1n) is 5.39. The van der Waals surface area contributed by atoms with Gasteiger partial charge in [-0.1, -0.05) is 0 Å². The Hall–Kier alpha value is -1.65. The molecule has 0 aliphatic carbocycles. The Morgan fingerprint density at radius 1 is 1.56 bits per heavy atom. The molecule has 2 bridgehead atoms. The smallest absolute Gasteiger partial charge is 0.315 e. The van der Waals surface area contributed by atoms with E-state index in [0.717, 1.165) is 18.4 Å². The third kappa shape index (κ3) is 1.14. The van der Waals surface area contributed by atoms with Gasteiger partial charge in [0.05, 0.1) is 6.04 Å². The van der Waals surface area contributed by atoms with Gasteiger partial charge in [-0.2, -0.15) is 4.39 Å². The first kappa shape index (κ1) is 9.57. The van der Waals surface area contributed by atoms with Crippen molar-refractivity contribution >= 4 is 6.03 Å². The fourth-order valence-corrected chi connectivity index (χ4v) is 2.95. The second-order valence-corrected chi connectivity index (χ2v) is 4.37. The lowest BCUT2D eigenvalue weighted by atomic mass is 9.95. The maximum atomic E-state index is 13.5. The maximum absolute atomic E-state index is 13.5. The average Bonchev–Trinajstić information content (AvgIpc) is 2.57. The summed E-state index contributed by atoms with van der Waals surface area (Å²) in [6.45, 7) is 0. The molecule has 2 unspecified atom stereocenters. The molecule has 84 valence electrons. The molecule has 0 aromatic carbocycles. The summed E-state index contributed by atoms with van der Waals surface area (Å²) < 4.78 is 13.5. The number of fused-ring (bicyclic) bond motifs is 4. The van der Waals surface area contributed by atoms with Gasteiger partial charge in [-0.05, 0) is 30.9 Å². The summed E-state index contributed by atoms with van der Waals surface area (Å²) in [5.41, 5.74) is 6.90. The number of rotatable bonds is 0. The molecular formula is C11H12FN3O. The van der Waals surface area contributed by atoms with Gasteiger partial charge < -0.3 is 10.6 Å². The van der Waals surface area contributed by atoms with E-state index in [1.165, 1.54) is 6.20 Å². The maximum Gasteiger partial charge on any atom is 0.315 e. The number of hydrogen-bond acceptors (Lipinski definition) is 2. The highest BCUT2D eigenvalue weighted by molar-refractivity contribution is 5.74. The zero-order chi connectivity index (χ0) is 11.3. The first-order valence-corrected chi connectivity index (χ1v) is 5.39. The molecule has 3 heterocycles. The van der Waals surface area contributed by atoms with E-state index < -0.39 is 12.0 Å². The highest BCUT2D eigenvalue weighted by Gasteiger charge is 2.42. The minimum Gasteiger partial charge on any atom is -0.351 e.